The number of urea groups is 1. The van der Waals surface area contributed by atoms with Crippen LogP contribution < -0.4 is 10.6 Å². The molecule has 3 N–H and O–H groups in total. The number of rotatable bonds is 0. The second-order valence-corrected chi connectivity index (χ2v) is 6.50. The standard InChI is InChI=1S/C12H18N2O3/c1-10(2)6-4-7(15)11(10,3)5-12(6)8(16)13-9(17)14-12/h6-7,15H,4-5H2,1-3H3,(H2,13,14,16,17). The van der Waals surface area contributed by atoms with Gasteiger partial charge in [-0.3, -0.25) is 10.1 Å². The van der Waals surface area contributed by atoms with Crippen LogP contribution in [0.2, 0.25) is 0 Å². The Morgan fingerprint density at radius 3 is 2.29 bits per heavy atom. The Morgan fingerprint density at radius 2 is 1.94 bits per heavy atom. The molecule has 1 aliphatic heterocycles. The van der Waals surface area contributed by atoms with Crippen molar-refractivity contribution in [2.75, 3.05) is 0 Å². The first-order valence-corrected chi connectivity index (χ1v) is 6.06. The number of hydrogen-bond acceptors (Lipinski definition) is 3. The zero-order valence-corrected chi connectivity index (χ0v) is 10.3. The summed E-state index contributed by atoms with van der Waals surface area (Å²) in [7, 11) is 0. The first-order valence-electron chi connectivity index (χ1n) is 6.06. The Bertz CT molecular complexity index is 433. The molecule has 2 bridgehead atoms. The van der Waals surface area contributed by atoms with Crippen molar-refractivity contribution in [3.63, 3.8) is 0 Å². The highest BCUT2D eigenvalue weighted by atomic mass is 16.3. The van der Waals surface area contributed by atoms with Gasteiger partial charge in [0.25, 0.3) is 5.91 Å². The fourth-order valence-corrected chi connectivity index (χ4v) is 4.35. The van der Waals surface area contributed by atoms with Crippen molar-refractivity contribution >= 4 is 11.9 Å². The Hall–Kier alpha value is -1.10. The number of amides is 3. The summed E-state index contributed by atoms with van der Waals surface area (Å²) in [4.78, 5) is 23.4. The average molecular weight is 238 g/mol. The maximum Gasteiger partial charge on any atom is 0.322 e. The van der Waals surface area contributed by atoms with Crippen LogP contribution in [0.5, 0.6) is 0 Å². The molecule has 0 radical (unpaired) electrons. The van der Waals surface area contributed by atoms with Gasteiger partial charge >= 0.3 is 6.03 Å². The molecule has 5 heteroatoms. The molecule has 3 fully saturated rings. The lowest BCUT2D eigenvalue weighted by Crippen LogP contribution is -2.54. The second-order valence-electron chi connectivity index (χ2n) is 6.50. The summed E-state index contributed by atoms with van der Waals surface area (Å²) in [5, 5.41) is 15.3. The maximum atomic E-state index is 12.1. The number of hydrogen-bond donors (Lipinski definition) is 3. The van der Waals surface area contributed by atoms with Crippen molar-refractivity contribution in [1.29, 1.82) is 0 Å². The van der Waals surface area contributed by atoms with Crippen LogP contribution in [0.4, 0.5) is 4.79 Å². The zero-order chi connectivity index (χ0) is 12.6. The highest BCUT2D eigenvalue weighted by Crippen LogP contribution is 2.69. The molecular weight excluding hydrogens is 220 g/mol. The van der Waals surface area contributed by atoms with Crippen LogP contribution in [0.3, 0.4) is 0 Å². The summed E-state index contributed by atoms with van der Waals surface area (Å²) in [6.45, 7) is 6.19. The largest absolute Gasteiger partial charge is 0.393 e. The van der Waals surface area contributed by atoms with E-state index in [0.717, 1.165) is 0 Å². The van der Waals surface area contributed by atoms with Crippen molar-refractivity contribution in [2.45, 2.75) is 45.3 Å². The molecule has 5 nitrogen and oxygen atoms in total. The zero-order valence-electron chi connectivity index (χ0n) is 10.3. The van der Waals surface area contributed by atoms with Crippen molar-refractivity contribution in [3.05, 3.63) is 0 Å². The third-order valence-corrected chi connectivity index (χ3v) is 5.75. The van der Waals surface area contributed by atoms with Gasteiger partial charge in [0.15, 0.2) is 0 Å². The highest BCUT2D eigenvalue weighted by molar-refractivity contribution is 6.07. The van der Waals surface area contributed by atoms with Crippen LogP contribution in [-0.2, 0) is 4.79 Å². The van der Waals surface area contributed by atoms with Crippen molar-refractivity contribution in [1.82, 2.24) is 10.6 Å². The van der Waals surface area contributed by atoms with Gasteiger partial charge in [0, 0.05) is 5.41 Å². The van der Waals surface area contributed by atoms with Gasteiger partial charge in [-0.1, -0.05) is 20.8 Å². The van der Waals surface area contributed by atoms with E-state index in [1.807, 2.05) is 6.92 Å². The van der Waals surface area contributed by atoms with E-state index in [9.17, 15) is 14.7 Å². The van der Waals surface area contributed by atoms with E-state index in [2.05, 4.69) is 24.5 Å². The Labute approximate surface area is 100.0 Å². The molecule has 3 aliphatic rings. The van der Waals surface area contributed by atoms with Gasteiger partial charge in [-0.05, 0) is 24.2 Å². The lowest BCUT2D eigenvalue weighted by atomic mass is 9.70. The minimum absolute atomic E-state index is 0.00134. The van der Waals surface area contributed by atoms with Gasteiger partial charge in [0.2, 0.25) is 0 Å². The quantitative estimate of drug-likeness (QED) is 0.534. The number of imide groups is 1. The number of aliphatic hydroxyl groups excluding tert-OH is 1. The molecule has 94 valence electrons. The lowest BCUT2D eigenvalue weighted by molar-refractivity contribution is -0.127. The molecule has 3 amide bonds. The van der Waals surface area contributed by atoms with Gasteiger partial charge in [0.05, 0.1) is 6.10 Å². The molecule has 1 heterocycles. The first-order chi connectivity index (χ1) is 7.74. The van der Waals surface area contributed by atoms with Crippen LogP contribution in [0.1, 0.15) is 33.6 Å². The Balaban J connectivity index is 2.10. The van der Waals surface area contributed by atoms with Crippen LogP contribution in [0.25, 0.3) is 0 Å². The third-order valence-electron chi connectivity index (χ3n) is 5.75. The van der Waals surface area contributed by atoms with Crippen LogP contribution >= 0.6 is 0 Å². The molecule has 1 saturated heterocycles. The summed E-state index contributed by atoms with van der Waals surface area (Å²) in [5.41, 5.74) is -1.26. The van der Waals surface area contributed by atoms with E-state index in [1.165, 1.54) is 0 Å². The maximum absolute atomic E-state index is 12.1. The van der Waals surface area contributed by atoms with Crippen LogP contribution in [0.15, 0.2) is 0 Å². The number of carbonyl (C=O) groups is 2. The van der Waals surface area contributed by atoms with Crippen LogP contribution in [0, 0.1) is 16.7 Å². The first kappa shape index (κ1) is 11.0. The number of carbonyl (C=O) groups excluding carboxylic acids is 2. The summed E-state index contributed by atoms with van der Waals surface area (Å²) >= 11 is 0. The van der Waals surface area contributed by atoms with Crippen molar-refractivity contribution < 1.29 is 14.7 Å². The predicted molar refractivity (Wildman–Crippen MR) is 60.0 cm³/mol. The minimum atomic E-state index is -0.797. The average Bonchev–Trinajstić information content (AvgIpc) is 2.61. The topological polar surface area (TPSA) is 78.4 Å². The SMILES string of the molecule is CC1(C)C2CC(O)C1(C)CC21NC(=O)NC1=O. The fourth-order valence-electron chi connectivity index (χ4n) is 4.35. The van der Waals surface area contributed by atoms with Gasteiger partial charge < -0.3 is 10.4 Å². The lowest BCUT2D eigenvalue weighted by Gasteiger charge is -2.37. The van der Waals surface area contributed by atoms with Gasteiger partial charge in [-0.25, -0.2) is 4.79 Å². The van der Waals surface area contributed by atoms with Crippen molar-refractivity contribution in [3.8, 4) is 0 Å². The number of nitrogens with one attached hydrogen (secondary N) is 2. The van der Waals surface area contributed by atoms with Crippen molar-refractivity contribution in [2.24, 2.45) is 16.7 Å². The second kappa shape index (κ2) is 2.66. The molecular formula is C12H18N2O3. The Kier molecular flexibility index (Phi) is 1.72. The summed E-state index contributed by atoms with van der Waals surface area (Å²) in [5.74, 6) is -0.224. The van der Waals surface area contributed by atoms with E-state index >= 15 is 0 Å². The van der Waals surface area contributed by atoms with Gasteiger partial charge in [-0.15, -0.1) is 0 Å². The number of aliphatic hydroxyl groups is 1. The van der Waals surface area contributed by atoms with E-state index in [0.29, 0.717) is 12.8 Å². The highest BCUT2D eigenvalue weighted by Gasteiger charge is 2.74. The minimum Gasteiger partial charge on any atom is -0.393 e. The molecule has 3 rings (SSSR count). The predicted octanol–water partition coefficient (Wildman–Crippen LogP) is 0.382. The van der Waals surface area contributed by atoms with Gasteiger partial charge in [-0.2, -0.15) is 0 Å². The Morgan fingerprint density at radius 1 is 1.29 bits per heavy atom. The fraction of sp³-hybridized carbons (Fsp3) is 0.833. The monoisotopic (exact) mass is 238 g/mol. The molecule has 0 aromatic rings. The smallest absolute Gasteiger partial charge is 0.322 e. The molecule has 17 heavy (non-hydrogen) atoms. The molecule has 1 spiro atoms. The molecule has 0 aromatic carbocycles. The van der Waals surface area contributed by atoms with Gasteiger partial charge in [0.1, 0.15) is 5.54 Å². The van der Waals surface area contributed by atoms with E-state index < -0.39 is 17.7 Å². The number of fused-ring (bicyclic) bond motifs is 3. The molecule has 4 unspecified atom stereocenters. The summed E-state index contributed by atoms with van der Waals surface area (Å²) < 4.78 is 0. The van der Waals surface area contributed by atoms with E-state index in [4.69, 9.17) is 0 Å². The molecule has 2 saturated carbocycles. The normalized spacial score (nSPS) is 50.8. The summed E-state index contributed by atoms with van der Waals surface area (Å²) in [6.07, 6.45) is 0.714. The molecule has 2 aliphatic carbocycles. The van der Waals surface area contributed by atoms with E-state index in [-0.39, 0.29) is 22.7 Å². The third kappa shape index (κ3) is 0.957. The van der Waals surface area contributed by atoms with E-state index in [1.54, 1.807) is 0 Å². The summed E-state index contributed by atoms with van der Waals surface area (Å²) in [6, 6.07) is -0.406. The van der Waals surface area contributed by atoms with Crippen LogP contribution in [-0.4, -0.2) is 28.7 Å². The molecule has 0 aromatic heterocycles. The molecule has 4 atom stereocenters.